The Hall–Kier alpha value is -4.64. The number of rotatable bonds is 51. The minimum absolute atomic E-state index is 0.0214. The number of allylic oxidation sites excluding steroid dienone is 24. The van der Waals surface area contributed by atoms with Crippen LogP contribution in [0.5, 0.6) is 0 Å². The van der Waals surface area contributed by atoms with Gasteiger partial charge in [-0.25, -0.2) is 4.57 Å². The van der Waals surface area contributed by atoms with Gasteiger partial charge in [-0.15, -0.1) is 0 Å². The first kappa shape index (κ1) is 71.4. The van der Waals surface area contributed by atoms with E-state index in [0.717, 1.165) is 103 Å². The molecule has 0 radical (unpaired) electrons. The summed E-state index contributed by atoms with van der Waals surface area (Å²) in [6.07, 6.45) is 72.6. The van der Waals surface area contributed by atoms with Gasteiger partial charge in [0.2, 0.25) is 0 Å². The lowest BCUT2D eigenvalue weighted by molar-refractivity contribution is -0.161. The molecule has 0 aromatic rings. The second-order valence-corrected chi connectivity index (χ2v) is 19.8. The number of unbranched alkanes of at least 4 members (excludes halogenated alkanes) is 10. The Bertz CT molecular complexity index is 1830. The lowest BCUT2D eigenvalue weighted by Crippen LogP contribution is -2.30. The maximum absolute atomic E-state index is 12.9. The molecule has 0 aromatic heterocycles. The second-order valence-electron chi connectivity index (χ2n) is 18.3. The summed E-state index contributed by atoms with van der Waals surface area (Å²) in [6.45, 7) is 4.22. The standard InChI is InChI=1S/C64H101O11P/c1-4-7-10-13-16-19-22-25-27-29-30-32-34-37-40-43-46-49-52-55-64(68)75-61(57-71-62(66)53-50-47-44-41-38-36-33-31-28-26-23-20-17-14-11-8-5-2)59-73-76(69,70)72-58-60(56-65)74-63(67)54-51-48-45-42-39-35-24-21-18-15-12-9-6-3/h7-8,10-11,16-17,19-21,24-28,30,32-33,36-37,40-41,44,46,49,60-61,65H,4-6,9,12-15,18,22-23,29,31,34-35,38-39,42-43,45,47-48,50-59H2,1-3H3,(H,69,70)/b10-7-,11-8-,19-16-,20-17-,24-21-,27-25-,28-26-,32-30-,36-33-,40-37-,44-41-,49-46-. The molecule has 12 heteroatoms. The number of phosphoric ester groups is 1. The Morgan fingerprint density at radius 2 is 0.724 bits per heavy atom. The molecule has 0 saturated carbocycles. The number of phosphoric acid groups is 1. The smallest absolute Gasteiger partial charge is 0.462 e. The number of esters is 3. The number of aliphatic hydroxyl groups is 1. The van der Waals surface area contributed by atoms with E-state index in [9.17, 15) is 28.9 Å². The molecule has 3 atom stereocenters. The Morgan fingerprint density at radius 1 is 0.382 bits per heavy atom. The SMILES string of the molecule is CC/C=C\C/C=C\C/C=C\C/C=C\C/C=C\C/C=C\CCC(=O)OC(COC(=O)CCC/C=C\C/C=C\C/C=C\C/C=C\C/C=C\CC)COP(=O)(O)OCC(CO)OC(=O)CCCCCCC/C=C\CCCCCC. The molecule has 2 N–H and O–H groups in total. The van der Waals surface area contributed by atoms with Gasteiger partial charge in [0, 0.05) is 19.3 Å². The van der Waals surface area contributed by atoms with Crippen molar-refractivity contribution in [2.24, 2.45) is 0 Å². The van der Waals surface area contributed by atoms with Gasteiger partial charge >= 0.3 is 25.7 Å². The summed E-state index contributed by atoms with van der Waals surface area (Å²) in [5.74, 6) is -1.67. The summed E-state index contributed by atoms with van der Waals surface area (Å²) in [7, 11) is -4.79. The Kier molecular flexibility index (Phi) is 53.1. The highest BCUT2D eigenvalue weighted by Crippen LogP contribution is 2.43. The number of carbonyl (C=O) groups is 3. The number of hydrogen-bond acceptors (Lipinski definition) is 10. The molecule has 0 heterocycles. The number of ether oxygens (including phenoxy) is 3. The number of carbonyl (C=O) groups excluding carboxylic acids is 3. The molecule has 0 amide bonds. The van der Waals surface area contributed by atoms with Gasteiger partial charge in [0.1, 0.15) is 12.7 Å². The van der Waals surface area contributed by atoms with Crippen LogP contribution < -0.4 is 0 Å². The van der Waals surface area contributed by atoms with Crippen LogP contribution in [-0.2, 0) is 42.2 Å². The third-order valence-corrected chi connectivity index (χ3v) is 12.2. The van der Waals surface area contributed by atoms with E-state index in [1.54, 1.807) is 0 Å². The minimum Gasteiger partial charge on any atom is -0.462 e. The first-order chi connectivity index (χ1) is 37.2. The van der Waals surface area contributed by atoms with Crippen LogP contribution in [0.4, 0.5) is 0 Å². The maximum atomic E-state index is 12.9. The van der Waals surface area contributed by atoms with E-state index in [4.69, 9.17) is 23.3 Å². The molecule has 11 nitrogen and oxygen atoms in total. The fourth-order valence-electron chi connectivity index (χ4n) is 6.94. The molecule has 3 unspecified atom stereocenters. The monoisotopic (exact) mass is 1080 g/mol. The van der Waals surface area contributed by atoms with Crippen LogP contribution in [-0.4, -0.2) is 66.5 Å². The highest BCUT2D eigenvalue weighted by molar-refractivity contribution is 7.47. The minimum atomic E-state index is -4.79. The summed E-state index contributed by atoms with van der Waals surface area (Å²) >= 11 is 0. The number of aliphatic hydroxyl groups excluding tert-OH is 1. The van der Waals surface area contributed by atoms with Crippen molar-refractivity contribution in [3.8, 4) is 0 Å². The van der Waals surface area contributed by atoms with Gasteiger partial charge < -0.3 is 24.2 Å². The van der Waals surface area contributed by atoms with Crippen molar-refractivity contribution < 1.29 is 52.2 Å². The van der Waals surface area contributed by atoms with E-state index >= 15 is 0 Å². The Labute approximate surface area is 461 Å². The zero-order chi connectivity index (χ0) is 55.5. The third kappa shape index (κ3) is 54.2. The van der Waals surface area contributed by atoms with Crippen LogP contribution >= 0.6 is 7.82 Å². The summed E-state index contributed by atoms with van der Waals surface area (Å²) in [5.41, 5.74) is 0. The molecule has 0 aliphatic rings. The molecule has 428 valence electrons. The topological polar surface area (TPSA) is 155 Å². The lowest BCUT2D eigenvalue weighted by atomic mass is 10.1. The van der Waals surface area contributed by atoms with Crippen LogP contribution in [0.3, 0.4) is 0 Å². The molecule has 0 aliphatic heterocycles. The molecular weight excluding hydrogens is 976 g/mol. The Balaban J connectivity index is 4.96. The van der Waals surface area contributed by atoms with E-state index in [1.807, 2.05) is 24.3 Å². The van der Waals surface area contributed by atoms with E-state index in [2.05, 4.69) is 142 Å². The first-order valence-corrected chi connectivity index (χ1v) is 30.2. The lowest BCUT2D eigenvalue weighted by Gasteiger charge is -2.21. The molecule has 0 saturated heterocycles. The van der Waals surface area contributed by atoms with Crippen LogP contribution in [0.2, 0.25) is 0 Å². The van der Waals surface area contributed by atoms with Gasteiger partial charge in [-0.3, -0.25) is 23.4 Å². The zero-order valence-corrected chi connectivity index (χ0v) is 48.0. The van der Waals surface area contributed by atoms with Gasteiger partial charge in [0.25, 0.3) is 0 Å². The molecule has 76 heavy (non-hydrogen) atoms. The molecule has 0 rings (SSSR count). The van der Waals surface area contributed by atoms with Gasteiger partial charge in [-0.05, 0) is 122 Å². The first-order valence-electron chi connectivity index (χ1n) is 28.7. The normalized spacial score (nSPS) is 14.4. The summed E-state index contributed by atoms with van der Waals surface area (Å²) in [5, 5.41) is 9.81. The van der Waals surface area contributed by atoms with Crippen molar-refractivity contribution >= 4 is 25.7 Å². The summed E-state index contributed by atoms with van der Waals surface area (Å²) in [6, 6.07) is 0. The number of hydrogen-bond donors (Lipinski definition) is 2. The van der Waals surface area contributed by atoms with Gasteiger partial charge in [-0.1, -0.05) is 205 Å². The van der Waals surface area contributed by atoms with Gasteiger partial charge in [0.05, 0.1) is 19.8 Å². The van der Waals surface area contributed by atoms with E-state index in [1.165, 1.54) is 25.7 Å². The van der Waals surface area contributed by atoms with Crippen molar-refractivity contribution in [3.63, 3.8) is 0 Å². The van der Waals surface area contributed by atoms with Crippen LogP contribution in [0.15, 0.2) is 146 Å². The van der Waals surface area contributed by atoms with Crippen LogP contribution in [0, 0.1) is 0 Å². The third-order valence-electron chi connectivity index (χ3n) is 11.2. The van der Waals surface area contributed by atoms with E-state index in [0.29, 0.717) is 32.1 Å². The van der Waals surface area contributed by atoms with Crippen LogP contribution in [0.1, 0.15) is 201 Å². The predicted molar refractivity (Wildman–Crippen MR) is 316 cm³/mol. The predicted octanol–water partition coefficient (Wildman–Crippen LogP) is 17.1. The molecule has 0 aliphatic carbocycles. The van der Waals surface area contributed by atoms with Gasteiger partial charge in [0.15, 0.2) is 6.10 Å². The van der Waals surface area contributed by atoms with E-state index < -0.39 is 64.4 Å². The fraction of sp³-hybridized carbons (Fsp3) is 0.578. The average Bonchev–Trinajstić information content (AvgIpc) is 3.41. The van der Waals surface area contributed by atoms with Crippen molar-refractivity contribution in [2.45, 2.75) is 213 Å². The van der Waals surface area contributed by atoms with Crippen molar-refractivity contribution in [3.05, 3.63) is 146 Å². The summed E-state index contributed by atoms with van der Waals surface area (Å²) < 4.78 is 39.3. The Morgan fingerprint density at radius 3 is 1.18 bits per heavy atom. The van der Waals surface area contributed by atoms with Crippen molar-refractivity contribution in [2.75, 3.05) is 26.4 Å². The highest BCUT2D eigenvalue weighted by atomic mass is 31.2. The molecule has 0 bridgehead atoms. The van der Waals surface area contributed by atoms with Crippen molar-refractivity contribution in [1.82, 2.24) is 0 Å². The van der Waals surface area contributed by atoms with Crippen LogP contribution in [0.25, 0.3) is 0 Å². The molecule has 0 fully saturated rings. The largest absolute Gasteiger partial charge is 0.472 e. The highest BCUT2D eigenvalue weighted by Gasteiger charge is 2.28. The quantitative estimate of drug-likeness (QED) is 0.0197. The second kappa shape index (κ2) is 56.6. The van der Waals surface area contributed by atoms with Crippen molar-refractivity contribution in [1.29, 1.82) is 0 Å². The fourth-order valence-corrected chi connectivity index (χ4v) is 7.72. The maximum Gasteiger partial charge on any atom is 0.472 e. The average molecular weight is 1080 g/mol. The van der Waals surface area contributed by atoms with E-state index in [-0.39, 0.29) is 19.3 Å². The van der Waals surface area contributed by atoms with Gasteiger partial charge in [-0.2, -0.15) is 0 Å². The summed E-state index contributed by atoms with van der Waals surface area (Å²) in [4.78, 5) is 48.5. The molecule has 0 aromatic carbocycles. The zero-order valence-electron chi connectivity index (χ0n) is 47.2. The molecular formula is C64H101O11P. The molecule has 0 spiro atoms.